The number of halogens is 1. The Morgan fingerprint density at radius 1 is 1.37 bits per heavy atom. The average Bonchev–Trinajstić information content (AvgIpc) is 2.36. The van der Waals surface area contributed by atoms with Gasteiger partial charge in [0.05, 0.1) is 0 Å². The molecule has 1 aromatic carbocycles. The van der Waals surface area contributed by atoms with Crippen LogP contribution in [0.4, 0.5) is 0 Å². The second-order valence-corrected chi connectivity index (χ2v) is 5.16. The van der Waals surface area contributed by atoms with Gasteiger partial charge in [0, 0.05) is 29.6 Å². The molecule has 0 fully saturated rings. The molecule has 1 rings (SSSR count). The third kappa shape index (κ3) is 5.00. The third-order valence-electron chi connectivity index (χ3n) is 2.65. The lowest BCUT2D eigenvalue weighted by molar-refractivity contribution is -0.128. The topological polar surface area (TPSA) is 81.4 Å². The van der Waals surface area contributed by atoms with E-state index in [-0.39, 0.29) is 11.9 Å². The summed E-state index contributed by atoms with van der Waals surface area (Å²) in [6.45, 7) is 1.80. The molecule has 2 atom stereocenters. The Balaban J connectivity index is 2.56. The van der Waals surface area contributed by atoms with Crippen LogP contribution >= 0.6 is 15.9 Å². The molecule has 0 aliphatic rings. The number of nitrogens with one attached hydrogen (secondary N) is 1. The van der Waals surface area contributed by atoms with Gasteiger partial charge in [-0.05, 0) is 31.2 Å². The molecule has 0 aliphatic carbocycles. The van der Waals surface area contributed by atoms with Crippen molar-refractivity contribution >= 4 is 27.7 Å². The number of hydrogen-bond donors (Lipinski definition) is 2. The van der Waals surface area contributed by atoms with Crippen LogP contribution in [0.5, 0.6) is 0 Å². The lowest BCUT2D eigenvalue weighted by Gasteiger charge is -2.18. The Morgan fingerprint density at radius 3 is 2.42 bits per heavy atom. The van der Waals surface area contributed by atoms with Crippen molar-refractivity contribution in [3.63, 3.8) is 0 Å². The molecule has 0 radical (unpaired) electrons. The normalized spacial score (nSPS) is 13.6. The summed E-state index contributed by atoms with van der Waals surface area (Å²) < 4.78 is 5.86. The summed E-state index contributed by atoms with van der Waals surface area (Å²) in [5.74, 6) is -0.730. The van der Waals surface area contributed by atoms with Crippen molar-refractivity contribution in [2.24, 2.45) is 5.73 Å². The van der Waals surface area contributed by atoms with Crippen LogP contribution in [0, 0.1) is 0 Å². The van der Waals surface area contributed by atoms with Crippen LogP contribution in [0.3, 0.4) is 0 Å². The Morgan fingerprint density at radius 2 is 1.95 bits per heavy atom. The molecule has 5 nitrogen and oxygen atoms in total. The monoisotopic (exact) mass is 328 g/mol. The predicted molar refractivity (Wildman–Crippen MR) is 75.7 cm³/mol. The molecule has 0 saturated carbocycles. The van der Waals surface area contributed by atoms with Gasteiger partial charge in [-0.1, -0.05) is 15.9 Å². The molecular weight excluding hydrogens is 312 g/mol. The van der Waals surface area contributed by atoms with Crippen LogP contribution in [0.1, 0.15) is 23.7 Å². The van der Waals surface area contributed by atoms with E-state index >= 15 is 0 Å². The van der Waals surface area contributed by atoms with Gasteiger partial charge in [0.15, 0.2) is 0 Å². The van der Waals surface area contributed by atoms with Crippen molar-refractivity contribution in [2.45, 2.75) is 25.5 Å². The Labute approximate surface area is 120 Å². The summed E-state index contributed by atoms with van der Waals surface area (Å²) in [5.41, 5.74) is 5.73. The van der Waals surface area contributed by atoms with E-state index in [1.807, 2.05) is 0 Å². The lowest BCUT2D eigenvalue weighted by Crippen LogP contribution is -2.40. The number of amides is 2. The quantitative estimate of drug-likeness (QED) is 0.829. The maximum Gasteiger partial charge on any atom is 0.251 e. The predicted octanol–water partition coefficient (Wildman–Crippen LogP) is 1.46. The number of carbonyl (C=O) groups excluding carboxylic acids is 2. The molecule has 0 bridgehead atoms. The lowest BCUT2D eigenvalue weighted by atomic mass is 10.1. The van der Waals surface area contributed by atoms with E-state index in [0.29, 0.717) is 12.0 Å². The van der Waals surface area contributed by atoms with Gasteiger partial charge in [0.2, 0.25) is 5.91 Å². The van der Waals surface area contributed by atoms with Crippen molar-refractivity contribution in [1.82, 2.24) is 5.32 Å². The minimum Gasteiger partial charge on any atom is -0.372 e. The molecular formula is C13H17BrN2O3. The fourth-order valence-electron chi connectivity index (χ4n) is 1.62. The summed E-state index contributed by atoms with van der Waals surface area (Å²) >= 11 is 3.30. The molecule has 2 amide bonds. The highest BCUT2D eigenvalue weighted by atomic mass is 79.9. The summed E-state index contributed by atoms with van der Waals surface area (Å²) in [6.07, 6.45) is -0.353. The number of rotatable bonds is 6. The first-order chi connectivity index (χ1) is 8.93. The van der Waals surface area contributed by atoms with E-state index in [0.717, 1.165) is 4.47 Å². The molecule has 0 aliphatic heterocycles. The molecule has 19 heavy (non-hydrogen) atoms. The average molecular weight is 329 g/mol. The molecule has 0 heterocycles. The number of hydrogen-bond acceptors (Lipinski definition) is 3. The summed E-state index contributed by atoms with van der Waals surface area (Å²) in [5, 5.41) is 2.79. The molecule has 1 unspecified atom stereocenters. The fraction of sp³-hybridized carbons (Fsp3) is 0.385. The van der Waals surface area contributed by atoms with Crippen molar-refractivity contribution < 1.29 is 14.3 Å². The van der Waals surface area contributed by atoms with Gasteiger partial charge in [0.25, 0.3) is 5.91 Å². The SMILES string of the molecule is COC(C[C@H](C)NC(=O)c1ccc(Br)cc1)C(N)=O. The van der Waals surface area contributed by atoms with Crippen LogP contribution in [-0.2, 0) is 9.53 Å². The minimum absolute atomic E-state index is 0.195. The molecule has 104 valence electrons. The Kier molecular flexibility index (Phi) is 5.98. The second-order valence-electron chi connectivity index (χ2n) is 4.24. The molecule has 3 N–H and O–H groups in total. The smallest absolute Gasteiger partial charge is 0.251 e. The van der Waals surface area contributed by atoms with Gasteiger partial charge < -0.3 is 15.8 Å². The van der Waals surface area contributed by atoms with Crippen LogP contribution in [0.2, 0.25) is 0 Å². The zero-order chi connectivity index (χ0) is 14.4. The number of primary amides is 1. The van der Waals surface area contributed by atoms with Crippen molar-refractivity contribution in [2.75, 3.05) is 7.11 Å². The number of benzene rings is 1. The van der Waals surface area contributed by atoms with Gasteiger partial charge in [-0.25, -0.2) is 0 Å². The number of methoxy groups -OCH3 is 1. The zero-order valence-corrected chi connectivity index (χ0v) is 12.4. The molecule has 0 saturated heterocycles. The van der Waals surface area contributed by atoms with Gasteiger partial charge >= 0.3 is 0 Å². The van der Waals surface area contributed by atoms with Crippen molar-refractivity contribution in [3.05, 3.63) is 34.3 Å². The first-order valence-corrected chi connectivity index (χ1v) is 6.62. The molecule has 6 heteroatoms. The van der Waals surface area contributed by atoms with Crippen molar-refractivity contribution in [3.8, 4) is 0 Å². The van der Waals surface area contributed by atoms with E-state index in [2.05, 4.69) is 21.2 Å². The molecule has 0 spiro atoms. The van der Waals surface area contributed by atoms with Crippen LogP contribution in [0.15, 0.2) is 28.7 Å². The van der Waals surface area contributed by atoms with Crippen LogP contribution in [0.25, 0.3) is 0 Å². The van der Waals surface area contributed by atoms with Gasteiger partial charge in [0.1, 0.15) is 6.10 Å². The maximum atomic E-state index is 11.9. The van der Waals surface area contributed by atoms with Gasteiger partial charge in [-0.15, -0.1) is 0 Å². The first-order valence-electron chi connectivity index (χ1n) is 5.82. The number of ether oxygens (including phenoxy) is 1. The molecule has 0 aromatic heterocycles. The highest BCUT2D eigenvalue weighted by molar-refractivity contribution is 9.10. The van der Waals surface area contributed by atoms with Crippen LogP contribution < -0.4 is 11.1 Å². The minimum atomic E-state index is -0.694. The summed E-state index contributed by atoms with van der Waals surface area (Å²) in [7, 11) is 1.42. The van der Waals surface area contributed by atoms with E-state index in [1.165, 1.54) is 7.11 Å². The fourth-order valence-corrected chi connectivity index (χ4v) is 1.88. The van der Waals surface area contributed by atoms with Crippen LogP contribution in [-0.4, -0.2) is 31.1 Å². The highest BCUT2D eigenvalue weighted by Gasteiger charge is 2.19. The van der Waals surface area contributed by atoms with Gasteiger partial charge in [-0.2, -0.15) is 0 Å². The van der Waals surface area contributed by atoms with E-state index < -0.39 is 12.0 Å². The first kappa shape index (κ1) is 15.7. The van der Waals surface area contributed by atoms with Gasteiger partial charge in [-0.3, -0.25) is 9.59 Å². The largest absolute Gasteiger partial charge is 0.372 e. The van der Waals surface area contributed by atoms with E-state index in [9.17, 15) is 9.59 Å². The standard InChI is InChI=1S/C13H17BrN2O3/c1-8(7-11(19-2)12(15)17)16-13(18)9-3-5-10(14)6-4-9/h3-6,8,11H,7H2,1-2H3,(H2,15,17)(H,16,18)/t8-,11?/m0/s1. The molecule has 1 aromatic rings. The Hall–Kier alpha value is -1.40. The summed E-state index contributed by atoms with van der Waals surface area (Å²) in [4.78, 5) is 23.0. The number of nitrogens with two attached hydrogens (primary N) is 1. The van der Waals surface area contributed by atoms with E-state index in [1.54, 1.807) is 31.2 Å². The third-order valence-corrected chi connectivity index (χ3v) is 3.18. The Bertz CT molecular complexity index is 448. The van der Waals surface area contributed by atoms with Crippen molar-refractivity contribution in [1.29, 1.82) is 0 Å². The highest BCUT2D eigenvalue weighted by Crippen LogP contribution is 2.11. The second kappa shape index (κ2) is 7.25. The van der Waals surface area contributed by atoms with E-state index in [4.69, 9.17) is 10.5 Å². The summed E-state index contributed by atoms with van der Waals surface area (Å²) in [6, 6.07) is 6.80. The maximum absolute atomic E-state index is 11.9. The zero-order valence-electron chi connectivity index (χ0n) is 10.9. The number of carbonyl (C=O) groups is 2.